The third kappa shape index (κ3) is 4.50. The fraction of sp³-hybridized carbons (Fsp3) is 0.625. The van der Waals surface area contributed by atoms with Crippen molar-refractivity contribution >= 4 is 29.9 Å². The van der Waals surface area contributed by atoms with Crippen molar-refractivity contribution in [2.24, 2.45) is 19.1 Å². The average Bonchev–Trinajstić information content (AvgIpc) is 3.27. The first-order valence-corrected chi connectivity index (χ1v) is 8.45. The zero-order chi connectivity index (χ0) is 17.1. The summed E-state index contributed by atoms with van der Waals surface area (Å²) in [7, 11) is 3.94. The van der Waals surface area contributed by atoms with Crippen LogP contribution in [0, 0.1) is 6.92 Å². The molecule has 0 amide bonds. The SMILES string of the molecule is CCNC(=NCc1nnc(C)n1C)N1CCC(c2cnn(C)c2)C1.I. The van der Waals surface area contributed by atoms with E-state index in [0.717, 1.165) is 43.7 Å². The Morgan fingerprint density at radius 2 is 2.16 bits per heavy atom. The van der Waals surface area contributed by atoms with Crippen LogP contribution in [0.1, 0.15) is 36.5 Å². The van der Waals surface area contributed by atoms with Crippen molar-refractivity contribution in [3.8, 4) is 0 Å². The number of hydrogen-bond acceptors (Lipinski definition) is 4. The summed E-state index contributed by atoms with van der Waals surface area (Å²) in [4.78, 5) is 7.08. The van der Waals surface area contributed by atoms with Gasteiger partial charge in [-0.15, -0.1) is 34.2 Å². The van der Waals surface area contributed by atoms with E-state index < -0.39 is 0 Å². The van der Waals surface area contributed by atoms with E-state index in [-0.39, 0.29) is 24.0 Å². The highest BCUT2D eigenvalue weighted by atomic mass is 127. The maximum atomic E-state index is 4.76. The van der Waals surface area contributed by atoms with Crippen LogP contribution >= 0.6 is 24.0 Å². The molecule has 1 saturated heterocycles. The molecule has 0 aromatic carbocycles. The first-order chi connectivity index (χ1) is 11.6. The number of nitrogens with one attached hydrogen (secondary N) is 1. The molecule has 1 aliphatic heterocycles. The predicted molar refractivity (Wildman–Crippen MR) is 108 cm³/mol. The fourth-order valence-corrected chi connectivity index (χ4v) is 3.04. The van der Waals surface area contributed by atoms with Crippen LogP contribution in [-0.2, 0) is 20.6 Å². The summed E-state index contributed by atoms with van der Waals surface area (Å²) in [5.74, 6) is 3.25. The molecule has 1 aliphatic rings. The number of aliphatic imine (C=N–C) groups is 1. The van der Waals surface area contributed by atoms with E-state index in [1.54, 1.807) is 0 Å². The quantitative estimate of drug-likeness (QED) is 0.426. The second-order valence-electron chi connectivity index (χ2n) is 6.27. The molecule has 0 radical (unpaired) electrons. The molecule has 0 aliphatic carbocycles. The van der Waals surface area contributed by atoms with Crippen LogP contribution < -0.4 is 5.32 Å². The number of halogens is 1. The second kappa shape index (κ2) is 8.63. The van der Waals surface area contributed by atoms with Gasteiger partial charge in [-0.05, 0) is 25.8 Å². The van der Waals surface area contributed by atoms with Crippen molar-refractivity contribution < 1.29 is 0 Å². The van der Waals surface area contributed by atoms with Gasteiger partial charge in [0.25, 0.3) is 0 Å². The third-order valence-electron chi connectivity index (χ3n) is 4.57. The molecule has 2 aromatic heterocycles. The molecule has 1 atom stereocenters. The number of likely N-dealkylation sites (tertiary alicyclic amines) is 1. The molecule has 9 heteroatoms. The van der Waals surface area contributed by atoms with Crippen molar-refractivity contribution in [3.63, 3.8) is 0 Å². The minimum absolute atomic E-state index is 0. The molecular formula is C16H27IN8. The van der Waals surface area contributed by atoms with E-state index >= 15 is 0 Å². The van der Waals surface area contributed by atoms with Crippen molar-refractivity contribution in [2.75, 3.05) is 19.6 Å². The standard InChI is InChI=1S/C16H26N8.HI/c1-5-17-16(18-9-15-21-20-12(2)23(15)4)24-7-6-13(11-24)14-8-19-22(3)10-14;/h8,10,13H,5-7,9,11H2,1-4H3,(H,17,18);1H. The van der Waals surface area contributed by atoms with Crippen molar-refractivity contribution in [3.05, 3.63) is 29.6 Å². The first-order valence-electron chi connectivity index (χ1n) is 8.45. The van der Waals surface area contributed by atoms with Gasteiger partial charge >= 0.3 is 0 Å². The Hall–Kier alpha value is -1.65. The maximum absolute atomic E-state index is 4.76. The molecule has 8 nitrogen and oxygen atoms in total. The van der Waals surface area contributed by atoms with E-state index in [2.05, 4.69) is 38.6 Å². The summed E-state index contributed by atoms with van der Waals surface area (Å²) in [5, 5.41) is 16.0. The summed E-state index contributed by atoms with van der Waals surface area (Å²) in [6.07, 6.45) is 5.21. The highest BCUT2D eigenvalue weighted by molar-refractivity contribution is 14.0. The van der Waals surface area contributed by atoms with Crippen molar-refractivity contribution in [1.82, 2.24) is 34.8 Å². The molecule has 0 saturated carbocycles. The van der Waals surface area contributed by atoms with Gasteiger partial charge in [0.2, 0.25) is 0 Å². The van der Waals surface area contributed by atoms with Crippen molar-refractivity contribution in [1.29, 1.82) is 0 Å². The number of nitrogens with zero attached hydrogens (tertiary/aromatic N) is 7. The molecule has 0 spiro atoms. The van der Waals surface area contributed by atoms with E-state index in [4.69, 9.17) is 4.99 Å². The van der Waals surface area contributed by atoms with Gasteiger partial charge in [-0.3, -0.25) is 4.68 Å². The largest absolute Gasteiger partial charge is 0.357 e. The molecule has 3 rings (SSSR count). The molecular weight excluding hydrogens is 431 g/mol. The van der Waals surface area contributed by atoms with Gasteiger partial charge in [0, 0.05) is 45.8 Å². The molecule has 138 valence electrons. The van der Waals surface area contributed by atoms with Gasteiger partial charge in [-0.25, -0.2) is 4.99 Å². The van der Waals surface area contributed by atoms with E-state index in [9.17, 15) is 0 Å². The Bertz CT molecular complexity index is 720. The van der Waals surface area contributed by atoms with Gasteiger partial charge in [0.15, 0.2) is 11.8 Å². The Morgan fingerprint density at radius 1 is 1.36 bits per heavy atom. The van der Waals surface area contributed by atoms with Gasteiger partial charge in [0.05, 0.1) is 6.20 Å². The summed E-state index contributed by atoms with van der Waals surface area (Å²) in [5.41, 5.74) is 1.31. The van der Waals surface area contributed by atoms with E-state index in [1.165, 1.54) is 5.56 Å². The van der Waals surface area contributed by atoms with Gasteiger partial charge in [-0.2, -0.15) is 5.10 Å². The van der Waals surface area contributed by atoms with Crippen LogP contribution in [0.4, 0.5) is 0 Å². The smallest absolute Gasteiger partial charge is 0.194 e. The molecule has 2 aromatic rings. The molecule has 3 heterocycles. The first kappa shape index (κ1) is 19.7. The second-order valence-corrected chi connectivity index (χ2v) is 6.27. The minimum Gasteiger partial charge on any atom is -0.357 e. The average molecular weight is 458 g/mol. The summed E-state index contributed by atoms with van der Waals surface area (Å²) in [6, 6.07) is 0. The van der Waals surface area contributed by atoms with Crippen LogP contribution in [0.25, 0.3) is 0 Å². The Labute approximate surface area is 165 Å². The van der Waals surface area contributed by atoms with E-state index in [1.807, 2.05) is 36.5 Å². The third-order valence-corrected chi connectivity index (χ3v) is 4.57. The fourth-order valence-electron chi connectivity index (χ4n) is 3.04. The predicted octanol–water partition coefficient (Wildman–Crippen LogP) is 1.43. The number of rotatable bonds is 4. The lowest BCUT2D eigenvalue weighted by molar-refractivity contribution is 0.485. The molecule has 1 fully saturated rings. The summed E-state index contributed by atoms with van der Waals surface area (Å²) < 4.78 is 3.85. The Balaban J connectivity index is 0.00000225. The lowest BCUT2D eigenvalue weighted by Crippen LogP contribution is -2.40. The van der Waals surface area contributed by atoms with Crippen LogP contribution in [0.5, 0.6) is 0 Å². The lowest BCUT2D eigenvalue weighted by Gasteiger charge is -2.21. The maximum Gasteiger partial charge on any atom is 0.194 e. The van der Waals surface area contributed by atoms with Gasteiger partial charge in [-0.1, -0.05) is 0 Å². The van der Waals surface area contributed by atoms with Gasteiger partial charge < -0.3 is 14.8 Å². The normalized spacial score (nSPS) is 17.7. The minimum atomic E-state index is 0. The molecule has 1 N–H and O–H groups in total. The zero-order valence-electron chi connectivity index (χ0n) is 15.3. The Morgan fingerprint density at radius 3 is 2.76 bits per heavy atom. The number of hydrogen-bond donors (Lipinski definition) is 1. The molecule has 1 unspecified atom stereocenters. The van der Waals surface area contributed by atoms with E-state index in [0.29, 0.717) is 12.5 Å². The lowest BCUT2D eigenvalue weighted by atomic mass is 10.0. The number of aryl methyl sites for hydroxylation is 2. The monoisotopic (exact) mass is 458 g/mol. The van der Waals surface area contributed by atoms with Crippen molar-refractivity contribution in [2.45, 2.75) is 32.7 Å². The topological polar surface area (TPSA) is 76.2 Å². The highest BCUT2D eigenvalue weighted by Gasteiger charge is 2.27. The zero-order valence-corrected chi connectivity index (χ0v) is 17.6. The molecule has 25 heavy (non-hydrogen) atoms. The number of guanidine groups is 1. The molecule has 0 bridgehead atoms. The summed E-state index contributed by atoms with van der Waals surface area (Å²) in [6.45, 7) is 7.40. The Kier molecular flexibility index (Phi) is 6.79. The summed E-state index contributed by atoms with van der Waals surface area (Å²) >= 11 is 0. The van der Waals surface area contributed by atoms with Crippen LogP contribution in [0.3, 0.4) is 0 Å². The van der Waals surface area contributed by atoms with Crippen LogP contribution in [0.2, 0.25) is 0 Å². The van der Waals surface area contributed by atoms with Crippen LogP contribution in [0.15, 0.2) is 17.4 Å². The highest BCUT2D eigenvalue weighted by Crippen LogP contribution is 2.26. The number of aromatic nitrogens is 5. The van der Waals surface area contributed by atoms with Crippen LogP contribution in [-0.4, -0.2) is 55.0 Å². The van der Waals surface area contributed by atoms with Gasteiger partial charge in [0.1, 0.15) is 12.4 Å².